The van der Waals surface area contributed by atoms with Crippen molar-refractivity contribution in [1.82, 2.24) is 15.5 Å². The van der Waals surface area contributed by atoms with E-state index in [2.05, 4.69) is 10.6 Å². The quantitative estimate of drug-likeness (QED) is 0.645. The number of hydrogen-bond donors (Lipinski definition) is 3. The van der Waals surface area contributed by atoms with Crippen LogP contribution in [0.25, 0.3) is 0 Å². The molecule has 2 rings (SSSR count). The molecule has 0 bridgehead atoms. The van der Waals surface area contributed by atoms with E-state index >= 15 is 0 Å². The minimum Gasteiger partial charge on any atom is -0.481 e. The molecule has 0 aromatic heterocycles. The molecule has 0 aromatic carbocycles. The van der Waals surface area contributed by atoms with Gasteiger partial charge in [-0.2, -0.15) is 0 Å². The Balaban J connectivity index is 1.84. The molecule has 3 amide bonds. The van der Waals surface area contributed by atoms with Gasteiger partial charge < -0.3 is 20.6 Å². The number of carbonyl (C=O) groups excluding carboxylic acids is 2. The standard InChI is InChI=1S/C12H19N3O4/c16-10-7-15(5-4-13-10)12(19)14-9-3-1-2-8(6-9)11(17)18/h8-9H,1-7H2,(H,13,16)(H,14,19)(H,17,18). The van der Waals surface area contributed by atoms with Crippen molar-refractivity contribution in [2.45, 2.75) is 31.7 Å². The first-order chi connectivity index (χ1) is 9.06. The summed E-state index contributed by atoms with van der Waals surface area (Å²) in [6, 6.07) is -0.377. The number of carboxylic acid groups (broad SMARTS) is 1. The fourth-order valence-corrected chi connectivity index (χ4v) is 2.62. The lowest BCUT2D eigenvalue weighted by Gasteiger charge is -2.32. The van der Waals surface area contributed by atoms with Crippen molar-refractivity contribution >= 4 is 17.9 Å². The van der Waals surface area contributed by atoms with Gasteiger partial charge in [0.15, 0.2) is 0 Å². The first-order valence-electron chi connectivity index (χ1n) is 6.61. The Morgan fingerprint density at radius 2 is 2.16 bits per heavy atom. The van der Waals surface area contributed by atoms with Crippen LogP contribution in [0.3, 0.4) is 0 Å². The van der Waals surface area contributed by atoms with E-state index in [0.717, 1.165) is 12.8 Å². The summed E-state index contributed by atoms with van der Waals surface area (Å²) in [6.45, 7) is 1.03. The van der Waals surface area contributed by atoms with Crippen molar-refractivity contribution in [2.24, 2.45) is 5.92 Å². The van der Waals surface area contributed by atoms with Gasteiger partial charge in [0.2, 0.25) is 5.91 Å². The maximum absolute atomic E-state index is 12.0. The van der Waals surface area contributed by atoms with Crippen molar-refractivity contribution < 1.29 is 19.5 Å². The summed E-state index contributed by atoms with van der Waals surface area (Å²) in [6.07, 6.45) is 2.76. The first kappa shape index (κ1) is 13.6. The third-order valence-electron chi connectivity index (χ3n) is 3.68. The Morgan fingerprint density at radius 1 is 1.37 bits per heavy atom. The molecule has 1 heterocycles. The number of urea groups is 1. The van der Waals surface area contributed by atoms with Crippen LogP contribution in [0.1, 0.15) is 25.7 Å². The Hall–Kier alpha value is -1.79. The van der Waals surface area contributed by atoms with Crippen molar-refractivity contribution in [3.8, 4) is 0 Å². The molecule has 0 radical (unpaired) electrons. The second kappa shape index (κ2) is 5.90. The van der Waals surface area contributed by atoms with E-state index < -0.39 is 5.97 Å². The second-order valence-electron chi connectivity index (χ2n) is 5.12. The molecule has 2 aliphatic rings. The van der Waals surface area contributed by atoms with E-state index in [-0.39, 0.29) is 30.4 Å². The van der Waals surface area contributed by atoms with Crippen LogP contribution in [0.2, 0.25) is 0 Å². The second-order valence-corrected chi connectivity index (χ2v) is 5.12. The highest BCUT2D eigenvalue weighted by Gasteiger charge is 2.29. The summed E-state index contributed by atoms with van der Waals surface area (Å²) in [4.78, 5) is 35.6. The van der Waals surface area contributed by atoms with Crippen molar-refractivity contribution in [3.05, 3.63) is 0 Å². The molecule has 1 saturated carbocycles. The molecule has 2 fully saturated rings. The van der Waals surface area contributed by atoms with E-state index in [1.54, 1.807) is 0 Å². The highest BCUT2D eigenvalue weighted by molar-refractivity contribution is 5.85. The summed E-state index contributed by atoms with van der Waals surface area (Å²) >= 11 is 0. The molecule has 7 nitrogen and oxygen atoms in total. The Morgan fingerprint density at radius 3 is 2.84 bits per heavy atom. The predicted octanol–water partition coefficient (Wildman–Crippen LogP) is -0.229. The molecule has 1 aliphatic carbocycles. The average molecular weight is 269 g/mol. The smallest absolute Gasteiger partial charge is 0.318 e. The molecule has 106 valence electrons. The van der Waals surface area contributed by atoms with Crippen molar-refractivity contribution in [1.29, 1.82) is 0 Å². The van der Waals surface area contributed by atoms with E-state index in [1.807, 2.05) is 0 Å². The van der Waals surface area contributed by atoms with Gasteiger partial charge in [-0.05, 0) is 19.3 Å². The third kappa shape index (κ3) is 3.59. The molecule has 2 unspecified atom stereocenters. The van der Waals surface area contributed by atoms with E-state index in [1.165, 1.54) is 4.90 Å². The summed E-state index contributed by atoms with van der Waals surface area (Å²) in [7, 11) is 0. The molecule has 0 spiro atoms. The highest BCUT2D eigenvalue weighted by atomic mass is 16.4. The number of nitrogens with zero attached hydrogens (tertiary/aromatic N) is 1. The van der Waals surface area contributed by atoms with Crippen LogP contribution in [0.4, 0.5) is 4.79 Å². The highest BCUT2D eigenvalue weighted by Crippen LogP contribution is 2.24. The number of amides is 3. The average Bonchev–Trinajstić information content (AvgIpc) is 2.39. The Labute approximate surface area is 111 Å². The fourth-order valence-electron chi connectivity index (χ4n) is 2.62. The molecule has 2 atom stereocenters. The van der Waals surface area contributed by atoms with Crippen LogP contribution < -0.4 is 10.6 Å². The van der Waals surface area contributed by atoms with E-state index in [4.69, 9.17) is 5.11 Å². The Kier molecular flexibility index (Phi) is 4.24. The Bertz CT molecular complexity index is 385. The molecule has 1 saturated heterocycles. The molecular formula is C12H19N3O4. The van der Waals surface area contributed by atoms with Gasteiger partial charge in [-0.1, -0.05) is 6.42 Å². The van der Waals surface area contributed by atoms with Crippen LogP contribution in [0.5, 0.6) is 0 Å². The summed E-state index contributed by atoms with van der Waals surface area (Å²) in [5.74, 6) is -1.33. The molecule has 3 N–H and O–H groups in total. The lowest BCUT2D eigenvalue weighted by molar-refractivity contribution is -0.143. The molecule has 1 aliphatic heterocycles. The SMILES string of the molecule is O=C1CN(C(=O)NC2CCCC(C(=O)O)C2)CCN1. The number of hydrogen-bond acceptors (Lipinski definition) is 3. The zero-order chi connectivity index (χ0) is 13.8. The fraction of sp³-hybridized carbons (Fsp3) is 0.750. The molecule has 7 heteroatoms. The zero-order valence-corrected chi connectivity index (χ0v) is 10.7. The summed E-state index contributed by atoms with van der Waals surface area (Å²) in [5.41, 5.74) is 0. The van der Waals surface area contributed by atoms with E-state index in [0.29, 0.717) is 25.9 Å². The van der Waals surface area contributed by atoms with Crippen LogP contribution in [-0.2, 0) is 9.59 Å². The van der Waals surface area contributed by atoms with Gasteiger partial charge in [-0.25, -0.2) is 4.79 Å². The maximum atomic E-state index is 12.0. The minimum atomic E-state index is -0.795. The zero-order valence-electron chi connectivity index (χ0n) is 10.7. The third-order valence-corrected chi connectivity index (χ3v) is 3.68. The van der Waals surface area contributed by atoms with Crippen LogP contribution >= 0.6 is 0 Å². The van der Waals surface area contributed by atoms with Gasteiger partial charge in [0.05, 0.1) is 5.92 Å². The minimum absolute atomic E-state index is 0.0703. The van der Waals surface area contributed by atoms with Crippen LogP contribution in [0.15, 0.2) is 0 Å². The normalized spacial score (nSPS) is 27.6. The number of carboxylic acids is 1. The number of aliphatic carboxylic acids is 1. The van der Waals surface area contributed by atoms with Gasteiger partial charge in [-0.3, -0.25) is 9.59 Å². The number of carbonyl (C=O) groups is 3. The molecule has 19 heavy (non-hydrogen) atoms. The monoisotopic (exact) mass is 269 g/mol. The van der Waals surface area contributed by atoms with Gasteiger partial charge in [0.1, 0.15) is 6.54 Å². The van der Waals surface area contributed by atoms with Gasteiger partial charge in [0.25, 0.3) is 0 Å². The van der Waals surface area contributed by atoms with Gasteiger partial charge in [-0.15, -0.1) is 0 Å². The van der Waals surface area contributed by atoms with Crippen molar-refractivity contribution in [3.63, 3.8) is 0 Å². The lowest BCUT2D eigenvalue weighted by Crippen LogP contribution is -2.55. The number of nitrogens with one attached hydrogen (secondary N) is 2. The number of rotatable bonds is 2. The van der Waals surface area contributed by atoms with Crippen LogP contribution in [-0.4, -0.2) is 53.6 Å². The van der Waals surface area contributed by atoms with Crippen molar-refractivity contribution in [2.75, 3.05) is 19.6 Å². The topological polar surface area (TPSA) is 98.7 Å². The predicted molar refractivity (Wildman–Crippen MR) is 66.5 cm³/mol. The summed E-state index contributed by atoms with van der Waals surface area (Å²) in [5, 5.41) is 14.5. The van der Waals surface area contributed by atoms with Crippen LogP contribution in [0, 0.1) is 5.92 Å². The molecular weight excluding hydrogens is 250 g/mol. The molecule has 0 aromatic rings. The first-order valence-corrected chi connectivity index (χ1v) is 6.61. The lowest BCUT2D eigenvalue weighted by atomic mass is 9.86. The summed E-state index contributed by atoms with van der Waals surface area (Å²) < 4.78 is 0. The van der Waals surface area contributed by atoms with E-state index in [9.17, 15) is 14.4 Å². The largest absolute Gasteiger partial charge is 0.481 e. The maximum Gasteiger partial charge on any atom is 0.318 e. The van der Waals surface area contributed by atoms with Gasteiger partial charge in [0, 0.05) is 19.1 Å². The number of piperazine rings is 1. The van der Waals surface area contributed by atoms with Gasteiger partial charge >= 0.3 is 12.0 Å².